The molecule has 9 aromatic carbocycles. The van der Waals surface area contributed by atoms with E-state index in [1.165, 1.54) is 116 Å². The molecule has 0 N–H and O–H groups in total. The number of hydrogen-bond donors (Lipinski definition) is 0. The molecule has 0 unspecified atom stereocenters. The molecule has 3 heterocycles. The van der Waals surface area contributed by atoms with Gasteiger partial charge in [-0.25, -0.2) is 0 Å². The summed E-state index contributed by atoms with van der Waals surface area (Å²) in [5, 5.41) is 7.51. The zero-order valence-electron chi connectivity index (χ0n) is 37.8. The van der Waals surface area contributed by atoms with Gasteiger partial charge in [0.05, 0.1) is 33.1 Å². The lowest BCUT2D eigenvalue weighted by molar-refractivity contribution is 0.661. The van der Waals surface area contributed by atoms with Crippen LogP contribution in [0, 0.1) is 0 Å². The second-order valence-corrected chi connectivity index (χ2v) is 18.5. The van der Waals surface area contributed by atoms with Gasteiger partial charge in [0.25, 0.3) is 0 Å². The van der Waals surface area contributed by atoms with Crippen LogP contribution in [0.3, 0.4) is 0 Å². The first kappa shape index (κ1) is 39.0. The van der Waals surface area contributed by atoms with Crippen molar-refractivity contribution in [2.45, 2.75) is 26.2 Å². The molecule has 67 heavy (non-hydrogen) atoms. The van der Waals surface area contributed by atoms with E-state index in [0.29, 0.717) is 0 Å². The monoisotopic (exact) mass is 857 g/mol. The van der Waals surface area contributed by atoms with Gasteiger partial charge < -0.3 is 13.7 Å². The van der Waals surface area contributed by atoms with Crippen molar-refractivity contribution < 1.29 is 0 Å². The summed E-state index contributed by atoms with van der Waals surface area (Å²) in [6, 6.07) is 72.2. The first-order valence-electron chi connectivity index (χ1n) is 23.3. The van der Waals surface area contributed by atoms with Crippen LogP contribution in [0.25, 0.3) is 116 Å². The molecule has 0 amide bonds. The Morgan fingerprint density at radius 2 is 0.896 bits per heavy atom. The highest BCUT2D eigenvalue weighted by Gasteiger charge is 2.37. The number of fused-ring (bicyclic) bond motifs is 12. The molecule has 3 heteroatoms. The van der Waals surface area contributed by atoms with Crippen molar-refractivity contribution in [2.75, 3.05) is 0 Å². The van der Waals surface area contributed by atoms with Crippen molar-refractivity contribution in [3.63, 3.8) is 0 Å². The van der Waals surface area contributed by atoms with E-state index in [0.717, 1.165) is 11.4 Å². The van der Waals surface area contributed by atoms with Gasteiger partial charge in [0, 0.05) is 54.8 Å². The molecule has 13 rings (SSSR count). The van der Waals surface area contributed by atoms with Crippen LogP contribution in [0.1, 0.15) is 31.9 Å². The third-order valence-electron chi connectivity index (χ3n) is 14.5. The van der Waals surface area contributed by atoms with E-state index >= 15 is 0 Å². The third-order valence-corrected chi connectivity index (χ3v) is 14.5. The van der Waals surface area contributed by atoms with Crippen LogP contribution in [0.15, 0.2) is 225 Å². The SMILES string of the molecule is C=C/C=C\C(=C/C)n1c2ccccc2c2cc(-c3ccc4c(c3)c3cc5c(cc3n4-c3ccccc3)C(C)(C)c3cc4c(cc3-5)c3ccccc3n4-c3cccc(-c4ccccc4)c3)ccc21. The van der Waals surface area contributed by atoms with Gasteiger partial charge in [0.2, 0.25) is 0 Å². The molecule has 0 spiro atoms. The maximum Gasteiger partial charge on any atom is 0.0544 e. The van der Waals surface area contributed by atoms with Crippen LogP contribution >= 0.6 is 0 Å². The lowest BCUT2D eigenvalue weighted by atomic mass is 9.82. The summed E-state index contributed by atoms with van der Waals surface area (Å²) in [5.41, 5.74) is 20.6. The first-order chi connectivity index (χ1) is 32.9. The summed E-state index contributed by atoms with van der Waals surface area (Å²) >= 11 is 0. The van der Waals surface area contributed by atoms with E-state index in [1.807, 2.05) is 12.2 Å². The molecule has 0 saturated heterocycles. The Balaban J connectivity index is 1.02. The summed E-state index contributed by atoms with van der Waals surface area (Å²) < 4.78 is 7.30. The van der Waals surface area contributed by atoms with Crippen LogP contribution in [-0.4, -0.2) is 13.7 Å². The normalized spacial score (nSPS) is 13.5. The average molecular weight is 858 g/mol. The van der Waals surface area contributed by atoms with Gasteiger partial charge in [0.1, 0.15) is 0 Å². The fourth-order valence-corrected chi connectivity index (χ4v) is 11.4. The number of allylic oxidation sites excluding steroid dienone is 5. The van der Waals surface area contributed by atoms with Crippen molar-refractivity contribution in [3.8, 4) is 44.8 Å². The molecule has 0 bridgehead atoms. The molecule has 12 aromatic rings. The molecule has 318 valence electrons. The van der Waals surface area contributed by atoms with Crippen molar-refractivity contribution in [1.29, 1.82) is 0 Å². The maximum absolute atomic E-state index is 3.93. The van der Waals surface area contributed by atoms with E-state index in [-0.39, 0.29) is 5.41 Å². The van der Waals surface area contributed by atoms with Crippen molar-refractivity contribution in [1.82, 2.24) is 13.7 Å². The van der Waals surface area contributed by atoms with Crippen molar-refractivity contribution >= 4 is 71.1 Å². The van der Waals surface area contributed by atoms with E-state index < -0.39 is 0 Å². The zero-order chi connectivity index (χ0) is 45.0. The number of benzene rings is 9. The van der Waals surface area contributed by atoms with Crippen molar-refractivity contribution in [3.05, 3.63) is 236 Å². The molecule has 0 saturated carbocycles. The minimum Gasteiger partial charge on any atom is -0.310 e. The van der Waals surface area contributed by atoms with Gasteiger partial charge in [-0.15, -0.1) is 0 Å². The highest BCUT2D eigenvalue weighted by molar-refractivity contribution is 6.16. The number of para-hydroxylation sites is 3. The molecule has 0 aliphatic heterocycles. The Labute approximate surface area is 390 Å². The minimum atomic E-state index is -0.244. The first-order valence-corrected chi connectivity index (χ1v) is 23.3. The number of hydrogen-bond acceptors (Lipinski definition) is 0. The smallest absolute Gasteiger partial charge is 0.0544 e. The van der Waals surface area contributed by atoms with Crippen molar-refractivity contribution in [2.24, 2.45) is 0 Å². The predicted molar refractivity (Wildman–Crippen MR) is 286 cm³/mol. The molecule has 0 radical (unpaired) electrons. The summed E-state index contributed by atoms with van der Waals surface area (Å²) in [6.07, 6.45) is 8.14. The maximum atomic E-state index is 3.93. The van der Waals surface area contributed by atoms with E-state index in [2.05, 4.69) is 247 Å². The number of rotatable bonds is 7. The fraction of sp³-hybridized carbons (Fsp3) is 0.0625. The van der Waals surface area contributed by atoms with Crippen LogP contribution in [0.5, 0.6) is 0 Å². The fourth-order valence-electron chi connectivity index (χ4n) is 11.4. The van der Waals surface area contributed by atoms with E-state index in [4.69, 9.17) is 0 Å². The lowest BCUT2D eigenvalue weighted by Gasteiger charge is -2.22. The van der Waals surface area contributed by atoms with Crippen LogP contribution in [0.2, 0.25) is 0 Å². The third kappa shape index (κ3) is 5.77. The number of nitrogens with zero attached hydrogens (tertiary/aromatic N) is 3. The molecule has 1 aliphatic rings. The van der Waals surface area contributed by atoms with Gasteiger partial charge in [-0.2, -0.15) is 0 Å². The Hall–Kier alpha value is -8.40. The Kier molecular flexibility index (Phi) is 8.63. The molecule has 0 fully saturated rings. The average Bonchev–Trinajstić information content (AvgIpc) is 4.06. The predicted octanol–water partition coefficient (Wildman–Crippen LogP) is 17.2. The van der Waals surface area contributed by atoms with Gasteiger partial charge >= 0.3 is 0 Å². The lowest BCUT2D eigenvalue weighted by Crippen LogP contribution is -2.15. The molecule has 0 atom stereocenters. The van der Waals surface area contributed by atoms with Crippen LogP contribution in [-0.2, 0) is 5.41 Å². The van der Waals surface area contributed by atoms with Crippen LogP contribution in [0.4, 0.5) is 0 Å². The van der Waals surface area contributed by atoms with E-state index in [9.17, 15) is 0 Å². The van der Waals surface area contributed by atoms with E-state index in [1.54, 1.807) is 0 Å². The zero-order valence-corrected chi connectivity index (χ0v) is 37.8. The second kappa shape index (κ2) is 14.8. The Morgan fingerprint density at radius 1 is 0.418 bits per heavy atom. The van der Waals surface area contributed by atoms with Gasteiger partial charge in [-0.3, -0.25) is 0 Å². The topological polar surface area (TPSA) is 14.8 Å². The molecule has 1 aliphatic carbocycles. The summed E-state index contributed by atoms with van der Waals surface area (Å²) in [5.74, 6) is 0. The summed E-state index contributed by atoms with van der Waals surface area (Å²) in [6.45, 7) is 10.8. The molecular weight excluding hydrogens is 811 g/mol. The highest BCUT2D eigenvalue weighted by Crippen LogP contribution is 2.53. The molecular formula is C64H47N3. The van der Waals surface area contributed by atoms with Gasteiger partial charge in [0.15, 0.2) is 0 Å². The number of aromatic nitrogens is 3. The highest BCUT2D eigenvalue weighted by atomic mass is 15.0. The van der Waals surface area contributed by atoms with Gasteiger partial charge in [-0.1, -0.05) is 148 Å². The van der Waals surface area contributed by atoms with Gasteiger partial charge in [-0.05, 0) is 142 Å². The Morgan fingerprint density at radius 3 is 1.57 bits per heavy atom. The quantitative estimate of drug-likeness (QED) is 0.142. The minimum absolute atomic E-state index is 0.244. The Bertz CT molecular complexity index is 4070. The standard InChI is InChI=1S/C64H47N3/c1-5-7-22-45(6-2)65-58-28-16-14-26-48(58)52-35-43(30-32-60(52)65)44-31-33-61-53(36-44)55-38-51-50-37-54-49-27-15-17-29-59(49)67(47-25-18-21-42(34-47)41-19-10-8-11-20-41)62(54)39-56(50)64(3,4)57(51)40-63(55)66(61)46-23-12-9-13-24-46/h5-40H,1H2,2-4H3/b22-7-,45-6+. The summed E-state index contributed by atoms with van der Waals surface area (Å²) in [7, 11) is 0. The second-order valence-electron chi connectivity index (χ2n) is 18.5. The largest absolute Gasteiger partial charge is 0.310 e. The molecule has 3 nitrogen and oxygen atoms in total. The van der Waals surface area contributed by atoms with Crippen LogP contribution < -0.4 is 0 Å². The summed E-state index contributed by atoms with van der Waals surface area (Å²) in [4.78, 5) is 0. The molecule has 3 aromatic heterocycles.